The second-order valence-corrected chi connectivity index (χ2v) is 2.88. The molecule has 2 aromatic rings. The normalized spacial score (nSPS) is 9.79. The second-order valence-electron chi connectivity index (χ2n) is 2.88. The number of imidazole rings is 1. The molecule has 0 aliphatic rings. The highest BCUT2D eigenvalue weighted by Crippen LogP contribution is 2.11. The Bertz CT molecular complexity index is 431. The third kappa shape index (κ3) is 1.73. The fourth-order valence-corrected chi connectivity index (χ4v) is 1.28. The van der Waals surface area contributed by atoms with Gasteiger partial charge in [0.25, 0.3) is 0 Å². The van der Waals surface area contributed by atoms with E-state index in [9.17, 15) is 0 Å². The van der Waals surface area contributed by atoms with Gasteiger partial charge < -0.3 is 4.57 Å². The zero-order valence-corrected chi connectivity index (χ0v) is 9.37. The van der Waals surface area contributed by atoms with Gasteiger partial charge in [0, 0.05) is 7.05 Å². The molecule has 4 heteroatoms. The predicted molar refractivity (Wildman–Crippen MR) is 57.1 cm³/mol. The molecule has 0 aromatic carbocycles. The number of hydrogen-bond acceptors (Lipinski definition) is 3. The molecule has 0 amide bonds. The van der Waals surface area contributed by atoms with E-state index in [-0.39, 0.29) is 0 Å². The van der Waals surface area contributed by atoms with Crippen LogP contribution in [-0.2, 0) is 7.05 Å². The lowest BCUT2D eigenvalue weighted by Crippen LogP contribution is -1.95. The largest absolute Gasteiger partial charge is 0.318 e. The molecule has 14 heavy (non-hydrogen) atoms. The van der Waals surface area contributed by atoms with Gasteiger partial charge in [0.1, 0.15) is 11.3 Å². The summed E-state index contributed by atoms with van der Waals surface area (Å²) in [6.07, 6.45) is 1.76. The van der Waals surface area contributed by atoms with Crippen molar-refractivity contribution in [1.29, 1.82) is 0 Å². The van der Waals surface area contributed by atoms with Crippen molar-refractivity contribution in [3.63, 3.8) is 0 Å². The molecule has 0 radical (unpaired) electrons. The third-order valence-electron chi connectivity index (χ3n) is 1.85. The van der Waals surface area contributed by atoms with Crippen LogP contribution in [0.3, 0.4) is 0 Å². The number of nitrogens with zero attached hydrogens (tertiary/aromatic N) is 4. The van der Waals surface area contributed by atoms with Crippen molar-refractivity contribution >= 4 is 11.2 Å². The van der Waals surface area contributed by atoms with E-state index in [0.717, 1.165) is 22.7 Å². The zero-order valence-electron chi connectivity index (χ0n) is 9.37. The maximum atomic E-state index is 4.29. The minimum atomic E-state index is 0.795. The monoisotopic (exact) mass is 192 g/mol. The maximum absolute atomic E-state index is 4.29. The summed E-state index contributed by atoms with van der Waals surface area (Å²) in [5.74, 6) is 0.795. The Hall–Kier alpha value is -1.45. The molecule has 4 nitrogen and oxygen atoms in total. The third-order valence-corrected chi connectivity index (χ3v) is 1.85. The van der Waals surface area contributed by atoms with Crippen molar-refractivity contribution in [3.05, 3.63) is 17.8 Å². The van der Waals surface area contributed by atoms with Crippen molar-refractivity contribution < 1.29 is 0 Å². The Labute approximate surface area is 84.0 Å². The van der Waals surface area contributed by atoms with Gasteiger partial charge in [-0.3, -0.25) is 0 Å². The molecule has 0 unspecified atom stereocenters. The van der Waals surface area contributed by atoms with Gasteiger partial charge in [-0.1, -0.05) is 13.8 Å². The summed E-state index contributed by atoms with van der Waals surface area (Å²) >= 11 is 0. The predicted octanol–water partition coefficient (Wildman–Crippen LogP) is 2.01. The van der Waals surface area contributed by atoms with E-state index >= 15 is 0 Å². The van der Waals surface area contributed by atoms with Gasteiger partial charge in [0.05, 0.1) is 12.0 Å². The first kappa shape index (κ1) is 10.6. The number of aromatic nitrogens is 4. The molecule has 2 heterocycles. The standard InChI is InChI=1S/C8H10N4.C2H6/c1-5-7-8(11-6(2)10-5)12(3)4-9-7;1-2/h4H,1-3H3;1-2H3. The van der Waals surface area contributed by atoms with Crippen LogP contribution < -0.4 is 0 Å². The molecule has 0 atom stereocenters. The van der Waals surface area contributed by atoms with E-state index in [0.29, 0.717) is 0 Å². The van der Waals surface area contributed by atoms with E-state index in [1.807, 2.05) is 39.3 Å². The minimum absolute atomic E-state index is 0.795. The topological polar surface area (TPSA) is 43.6 Å². The maximum Gasteiger partial charge on any atom is 0.163 e. The summed E-state index contributed by atoms with van der Waals surface area (Å²) in [5, 5.41) is 0. The van der Waals surface area contributed by atoms with Crippen LogP contribution in [0.15, 0.2) is 6.33 Å². The van der Waals surface area contributed by atoms with E-state index < -0.39 is 0 Å². The second kappa shape index (κ2) is 4.17. The lowest BCUT2D eigenvalue weighted by Gasteiger charge is -1.97. The van der Waals surface area contributed by atoms with E-state index in [4.69, 9.17) is 0 Å². The van der Waals surface area contributed by atoms with Crippen LogP contribution in [0.1, 0.15) is 25.4 Å². The summed E-state index contributed by atoms with van der Waals surface area (Å²) in [7, 11) is 1.93. The molecule has 0 saturated heterocycles. The van der Waals surface area contributed by atoms with Crippen molar-refractivity contribution in [1.82, 2.24) is 19.5 Å². The highest BCUT2D eigenvalue weighted by Gasteiger charge is 2.05. The molecule has 0 spiro atoms. The number of fused-ring (bicyclic) bond motifs is 1. The highest BCUT2D eigenvalue weighted by atomic mass is 15.1. The van der Waals surface area contributed by atoms with Crippen LogP contribution in [0, 0.1) is 13.8 Å². The molecule has 0 aliphatic carbocycles. The first-order valence-corrected chi connectivity index (χ1v) is 4.81. The quantitative estimate of drug-likeness (QED) is 0.641. The Morgan fingerprint density at radius 1 is 1.14 bits per heavy atom. The lowest BCUT2D eigenvalue weighted by molar-refractivity contribution is 0.917. The highest BCUT2D eigenvalue weighted by molar-refractivity contribution is 5.72. The number of rotatable bonds is 0. The molecule has 76 valence electrons. The molecule has 0 aliphatic heterocycles. The molecule has 0 fully saturated rings. The first-order valence-electron chi connectivity index (χ1n) is 4.81. The molecule has 0 N–H and O–H groups in total. The van der Waals surface area contributed by atoms with Crippen LogP contribution in [0.2, 0.25) is 0 Å². The van der Waals surface area contributed by atoms with E-state index in [1.54, 1.807) is 6.33 Å². The van der Waals surface area contributed by atoms with Crippen molar-refractivity contribution in [3.8, 4) is 0 Å². The SMILES string of the molecule is CC.Cc1nc(C)c2ncn(C)c2n1. The molecule has 2 rings (SSSR count). The lowest BCUT2D eigenvalue weighted by atomic mass is 10.4. The average Bonchev–Trinajstić information content (AvgIpc) is 2.52. The molecular formula is C10H16N4. The van der Waals surface area contributed by atoms with Gasteiger partial charge in [0.15, 0.2) is 5.65 Å². The summed E-state index contributed by atoms with van der Waals surface area (Å²) in [5.41, 5.74) is 2.74. The van der Waals surface area contributed by atoms with Gasteiger partial charge in [0.2, 0.25) is 0 Å². The van der Waals surface area contributed by atoms with Crippen LogP contribution in [0.5, 0.6) is 0 Å². The summed E-state index contributed by atoms with van der Waals surface area (Å²) < 4.78 is 1.90. The zero-order chi connectivity index (χ0) is 10.7. The Balaban J connectivity index is 0.000000461. The molecular weight excluding hydrogens is 176 g/mol. The van der Waals surface area contributed by atoms with Gasteiger partial charge in [-0.05, 0) is 13.8 Å². The smallest absolute Gasteiger partial charge is 0.163 e. The van der Waals surface area contributed by atoms with Crippen molar-refractivity contribution in [2.75, 3.05) is 0 Å². The van der Waals surface area contributed by atoms with Gasteiger partial charge in [-0.25, -0.2) is 15.0 Å². The van der Waals surface area contributed by atoms with Crippen LogP contribution >= 0.6 is 0 Å². The average molecular weight is 192 g/mol. The van der Waals surface area contributed by atoms with Crippen LogP contribution in [0.25, 0.3) is 11.2 Å². The molecule has 2 aromatic heterocycles. The van der Waals surface area contributed by atoms with Gasteiger partial charge in [-0.15, -0.1) is 0 Å². The summed E-state index contributed by atoms with van der Waals surface area (Å²) in [4.78, 5) is 12.7. The van der Waals surface area contributed by atoms with Gasteiger partial charge >= 0.3 is 0 Å². The molecule has 0 bridgehead atoms. The fraction of sp³-hybridized carbons (Fsp3) is 0.500. The van der Waals surface area contributed by atoms with Gasteiger partial charge in [-0.2, -0.15) is 0 Å². The summed E-state index contributed by atoms with van der Waals surface area (Å²) in [6, 6.07) is 0. The van der Waals surface area contributed by atoms with E-state index in [2.05, 4.69) is 15.0 Å². The summed E-state index contributed by atoms with van der Waals surface area (Å²) in [6.45, 7) is 7.84. The van der Waals surface area contributed by atoms with Crippen LogP contribution in [0.4, 0.5) is 0 Å². The minimum Gasteiger partial charge on any atom is -0.318 e. The number of aryl methyl sites for hydroxylation is 3. The Kier molecular flexibility index (Phi) is 3.17. The fourth-order valence-electron chi connectivity index (χ4n) is 1.28. The van der Waals surface area contributed by atoms with Crippen LogP contribution in [-0.4, -0.2) is 19.5 Å². The van der Waals surface area contributed by atoms with E-state index in [1.165, 1.54) is 0 Å². The Morgan fingerprint density at radius 3 is 2.43 bits per heavy atom. The number of hydrogen-bond donors (Lipinski definition) is 0. The Morgan fingerprint density at radius 2 is 1.79 bits per heavy atom. The first-order chi connectivity index (χ1) is 6.68. The van der Waals surface area contributed by atoms with Crippen molar-refractivity contribution in [2.24, 2.45) is 7.05 Å². The molecule has 0 saturated carbocycles. The van der Waals surface area contributed by atoms with Crippen molar-refractivity contribution in [2.45, 2.75) is 27.7 Å².